The molecule has 0 aliphatic carbocycles. The van der Waals surface area contributed by atoms with E-state index in [2.05, 4.69) is 0 Å². The van der Waals surface area contributed by atoms with Gasteiger partial charge in [-0.3, -0.25) is 0 Å². The van der Waals surface area contributed by atoms with Crippen LogP contribution in [0.5, 0.6) is 0 Å². The maximum Gasteiger partial charge on any atom is 1.00 e. The summed E-state index contributed by atoms with van der Waals surface area (Å²) in [7, 11) is 0. The molecule has 0 fully saturated rings. The molecule has 2 aromatic rings. The van der Waals surface area contributed by atoms with Crippen molar-refractivity contribution in [3.63, 3.8) is 0 Å². The van der Waals surface area contributed by atoms with Gasteiger partial charge in [0, 0.05) is 12.4 Å². The van der Waals surface area contributed by atoms with E-state index in [4.69, 9.17) is 4.74 Å². The van der Waals surface area contributed by atoms with Gasteiger partial charge in [0.1, 0.15) is 6.61 Å². The number of carbonyl (C=O) groups excluding carboxylic acids is 2. The minimum Gasteiger partial charge on any atom is -0.550 e. The number of ether oxygens (including phenoxy) is 1. The predicted octanol–water partition coefficient (Wildman–Crippen LogP) is -1.66. The Morgan fingerprint density at radius 3 is 2.24 bits per heavy atom. The number of hydrogen-bond acceptors (Lipinski definition) is 4. The fourth-order valence-corrected chi connectivity index (χ4v) is 1.83. The van der Waals surface area contributed by atoms with Crippen molar-refractivity contribution in [2.45, 2.75) is 13.0 Å². The Labute approximate surface area is 145 Å². The monoisotopic (exact) mass is 292 g/mol. The van der Waals surface area contributed by atoms with Gasteiger partial charge in [0.25, 0.3) is 0 Å². The second kappa shape index (κ2) is 8.62. The number of benzene rings is 2. The Bertz CT molecular complexity index is 611. The van der Waals surface area contributed by atoms with Crippen molar-refractivity contribution in [3.8, 4) is 0 Å². The molecular weight excluding hydrogens is 279 g/mol. The van der Waals surface area contributed by atoms with Crippen LogP contribution in [0.2, 0.25) is 0 Å². The van der Waals surface area contributed by atoms with Crippen molar-refractivity contribution in [1.29, 1.82) is 0 Å². The first-order valence-corrected chi connectivity index (χ1v) is 6.15. The third-order valence-electron chi connectivity index (χ3n) is 2.78. The van der Waals surface area contributed by atoms with Crippen LogP contribution >= 0.6 is 0 Å². The molecule has 0 atom stereocenters. The van der Waals surface area contributed by atoms with Crippen LogP contribution in [0.3, 0.4) is 0 Å². The van der Waals surface area contributed by atoms with E-state index in [1.807, 2.05) is 30.3 Å². The first-order valence-electron chi connectivity index (χ1n) is 6.15. The van der Waals surface area contributed by atoms with Gasteiger partial charge in [-0.15, -0.1) is 0 Å². The average Bonchev–Trinajstić information content (AvgIpc) is 2.46. The van der Waals surface area contributed by atoms with E-state index < -0.39 is 11.9 Å². The van der Waals surface area contributed by atoms with Gasteiger partial charge in [-0.1, -0.05) is 48.5 Å². The Kier molecular flexibility index (Phi) is 7.15. The Morgan fingerprint density at radius 2 is 1.57 bits per heavy atom. The molecular formula is C16H13NaO4. The van der Waals surface area contributed by atoms with Gasteiger partial charge in [0.15, 0.2) is 0 Å². The maximum absolute atomic E-state index is 12.0. The van der Waals surface area contributed by atoms with Gasteiger partial charge < -0.3 is 14.6 Å². The van der Waals surface area contributed by atoms with Crippen molar-refractivity contribution >= 4 is 11.9 Å². The first kappa shape index (κ1) is 17.4. The molecule has 0 unspecified atom stereocenters. The molecule has 0 spiro atoms. The van der Waals surface area contributed by atoms with E-state index in [1.165, 1.54) is 0 Å². The molecule has 102 valence electrons. The third kappa shape index (κ3) is 5.34. The summed E-state index contributed by atoms with van der Waals surface area (Å²) < 4.78 is 5.18. The molecule has 0 saturated heterocycles. The molecule has 0 radical (unpaired) electrons. The van der Waals surface area contributed by atoms with E-state index in [0.29, 0.717) is 5.56 Å². The molecule has 0 heterocycles. The van der Waals surface area contributed by atoms with Crippen LogP contribution in [0.25, 0.3) is 0 Å². The summed E-state index contributed by atoms with van der Waals surface area (Å²) in [6, 6.07) is 15.7. The summed E-state index contributed by atoms with van der Waals surface area (Å²) in [5.74, 6) is -1.76. The zero-order valence-electron chi connectivity index (χ0n) is 11.7. The third-order valence-corrected chi connectivity index (χ3v) is 2.78. The van der Waals surface area contributed by atoms with Crippen molar-refractivity contribution in [2.24, 2.45) is 0 Å². The zero-order valence-corrected chi connectivity index (χ0v) is 13.7. The van der Waals surface area contributed by atoms with Gasteiger partial charge in [0.05, 0.1) is 5.56 Å². The van der Waals surface area contributed by atoms with Crippen LogP contribution in [0.1, 0.15) is 21.5 Å². The molecule has 0 saturated carbocycles. The minimum atomic E-state index is -1.23. The number of carboxylic acids is 1. The Morgan fingerprint density at radius 1 is 0.952 bits per heavy atom. The van der Waals surface area contributed by atoms with Crippen LogP contribution in [-0.4, -0.2) is 11.9 Å². The second-order valence-electron chi connectivity index (χ2n) is 4.27. The summed E-state index contributed by atoms with van der Waals surface area (Å²) in [6.07, 6.45) is -0.309. The molecule has 21 heavy (non-hydrogen) atoms. The van der Waals surface area contributed by atoms with E-state index >= 15 is 0 Å². The fraction of sp³-hybridized carbons (Fsp3) is 0.125. The van der Waals surface area contributed by atoms with Crippen LogP contribution in [0.4, 0.5) is 0 Å². The molecule has 5 heteroatoms. The van der Waals surface area contributed by atoms with Crippen molar-refractivity contribution in [3.05, 3.63) is 71.3 Å². The average molecular weight is 292 g/mol. The number of carbonyl (C=O) groups is 2. The number of hydrogen-bond donors (Lipinski definition) is 0. The summed E-state index contributed by atoms with van der Waals surface area (Å²) in [6.45, 7) is 0.152. The normalized spacial score (nSPS) is 9.52. The summed E-state index contributed by atoms with van der Waals surface area (Å²) in [4.78, 5) is 22.6. The molecule has 0 aliphatic heterocycles. The van der Waals surface area contributed by atoms with Crippen LogP contribution in [-0.2, 0) is 22.6 Å². The summed E-state index contributed by atoms with van der Waals surface area (Å²) in [5, 5.41) is 10.7. The molecule has 0 aliphatic rings. The van der Waals surface area contributed by atoms with E-state index in [1.54, 1.807) is 24.3 Å². The second-order valence-corrected chi connectivity index (χ2v) is 4.27. The van der Waals surface area contributed by atoms with Gasteiger partial charge in [0.2, 0.25) is 0 Å². The standard InChI is InChI=1S/C16H14O4.Na/c17-15(18)10-13-8-4-5-9-14(13)16(19)20-11-12-6-2-1-3-7-12;/h1-9H,10-11H2,(H,17,18);/q;+1/p-1. The number of carboxylic acid groups (broad SMARTS) is 1. The first-order chi connectivity index (χ1) is 9.66. The number of esters is 1. The van der Waals surface area contributed by atoms with E-state index in [0.717, 1.165) is 5.56 Å². The van der Waals surface area contributed by atoms with Gasteiger partial charge >= 0.3 is 35.5 Å². The van der Waals surface area contributed by atoms with Gasteiger partial charge in [-0.25, -0.2) is 4.79 Å². The molecule has 0 N–H and O–H groups in total. The fourth-order valence-electron chi connectivity index (χ4n) is 1.83. The molecule has 4 nitrogen and oxygen atoms in total. The molecule has 2 aromatic carbocycles. The zero-order chi connectivity index (χ0) is 14.4. The SMILES string of the molecule is O=C([O-])Cc1ccccc1C(=O)OCc1ccccc1.[Na+]. The summed E-state index contributed by atoms with van der Waals surface area (Å²) >= 11 is 0. The smallest absolute Gasteiger partial charge is 0.550 e. The van der Waals surface area contributed by atoms with Crippen molar-refractivity contribution in [2.75, 3.05) is 0 Å². The Hall–Kier alpha value is -1.62. The molecule has 2 rings (SSSR count). The van der Waals surface area contributed by atoms with Crippen molar-refractivity contribution in [1.82, 2.24) is 0 Å². The quantitative estimate of drug-likeness (QED) is 0.489. The Balaban J connectivity index is 0.00000220. The number of aliphatic carboxylic acids is 1. The van der Waals surface area contributed by atoms with Crippen LogP contribution in [0, 0.1) is 0 Å². The van der Waals surface area contributed by atoms with Gasteiger partial charge in [-0.05, 0) is 17.2 Å². The van der Waals surface area contributed by atoms with E-state index in [-0.39, 0.29) is 48.1 Å². The predicted molar refractivity (Wildman–Crippen MR) is 70.7 cm³/mol. The molecule has 0 amide bonds. The minimum absolute atomic E-state index is 0. The topological polar surface area (TPSA) is 66.4 Å². The molecule has 0 bridgehead atoms. The van der Waals surface area contributed by atoms with Crippen molar-refractivity contribution < 1.29 is 49.0 Å². The van der Waals surface area contributed by atoms with Crippen LogP contribution < -0.4 is 34.7 Å². The number of rotatable bonds is 5. The summed E-state index contributed by atoms with van der Waals surface area (Å²) in [5.41, 5.74) is 1.52. The molecule has 0 aromatic heterocycles. The van der Waals surface area contributed by atoms with E-state index in [9.17, 15) is 14.7 Å². The maximum atomic E-state index is 12.0. The van der Waals surface area contributed by atoms with Crippen LogP contribution in [0.15, 0.2) is 54.6 Å². The largest absolute Gasteiger partial charge is 1.00 e. The van der Waals surface area contributed by atoms with Gasteiger partial charge in [-0.2, -0.15) is 0 Å².